The van der Waals surface area contributed by atoms with Crippen LogP contribution in [-0.2, 0) is 0 Å². The van der Waals surface area contributed by atoms with Crippen LogP contribution in [0.2, 0.25) is 15.1 Å². The lowest BCUT2D eigenvalue weighted by molar-refractivity contribution is 0.0980. The molecule has 0 amide bonds. The molecule has 0 heterocycles. The maximum Gasteiger partial charge on any atom is 0.0756 e. The molecule has 0 saturated heterocycles. The predicted molar refractivity (Wildman–Crippen MR) is 76.5 cm³/mol. The fourth-order valence-corrected chi connectivity index (χ4v) is 2.16. The van der Waals surface area contributed by atoms with Crippen LogP contribution < -0.4 is 5.73 Å². The largest absolute Gasteiger partial charge is 0.391 e. The van der Waals surface area contributed by atoms with Gasteiger partial charge >= 0.3 is 0 Å². The Balaban J connectivity index is 0.00000256. The van der Waals surface area contributed by atoms with Crippen LogP contribution in [0.3, 0.4) is 0 Å². The smallest absolute Gasteiger partial charge is 0.0756 e. The van der Waals surface area contributed by atoms with Crippen molar-refractivity contribution >= 4 is 47.2 Å². The number of hydrogen-bond acceptors (Lipinski definition) is 2. The van der Waals surface area contributed by atoms with E-state index in [4.69, 9.17) is 40.5 Å². The second-order valence-electron chi connectivity index (χ2n) is 4.05. The van der Waals surface area contributed by atoms with Crippen LogP contribution in [0.4, 0.5) is 0 Å². The van der Waals surface area contributed by atoms with Crippen LogP contribution in [0.25, 0.3) is 0 Å². The molecule has 0 radical (unpaired) electrons. The lowest BCUT2D eigenvalue weighted by atomic mass is 9.94. The summed E-state index contributed by atoms with van der Waals surface area (Å²) in [4.78, 5) is 0. The van der Waals surface area contributed by atoms with Gasteiger partial charge in [0.25, 0.3) is 0 Å². The molecule has 17 heavy (non-hydrogen) atoms. The third-order valence-corrected chi connectivity index (χ3v) is 3.47. The number of aliphatic hydroxyl groups excluding tert-OH is 1. The molecule has 0 saturated carbocycles. The predicted octanol–water partition coefficient (Wildman–Crippen LogP) is 4.09. The van der Waals surface area contributed by atoms with Crippen molar-refractivity contribution in [3.63, 3.8) is 0 Å². The molecule has 3 N–H and O–H groups in total. The van der Waals surface area contributed by atoms with Crippen molar-refractivity contribution in [1.29, 1.82) is 0 Å². The van der Waals surface area contributed by atoms with Crippen molar-refractivity contribution < 1.29 is 5.11 Å². The number of aliphatic hydroxyl groups is 1. The topological polar surface area (TPSA) is 46.2 Å². The third kappa shape index (κ3) is 4.16. The first-order valence-corrected chi connectivity index (χ1v) is 6.06. The number of benzene rings is 1. The Morgan fingerprint density at radius 3 is 2.18 bits per heavy atom. The minimum absolute atomic E-state index is 0. The SMILES string of the molecule is CC(C)[C@@H](O)[C@@H](N)c1cc(Cl)cc(Cl)c1Cl.Cl. The molecule has 6 heteroatoms. The molecule has 0 aliphatic carbocycles. The van der Waals surface area contributed by atoms with Crippen LogP contribution in [0, 0.1) is 5.92 Å². The van der Waals surface area contributed by atoms with Gasteiger partial charge in [-0.1, -0.05) is 48.7 Å². The Bertz CT molecular complexity index is 384. The van der Waals surface area contributed by atoms with Gasteiger partial charge in [-0.15, -0.1) is 12.4 Å². The molecule has 0 fully saturated rings. The summed E-state index contributed by atoms with van der Waals surface area (Å²) in [6.45, 7) is 3.76. The average Bonchev–Trinajstić information content (AvgIpc) is 2.21. The first kappa shape index (κ1) is 17.3. The van der Waals surface area contributed by atoms with E-state index >= 15 is 0 Å². The second kappa shape index (κ2) is 7.03. The van der Waals surface area contributed by atoms with Crippen molar-refractivity contribution in [2.45, 2.75) is 26.0 Å². The van der Waals surface area contributed by atoms with Crippen LogP contribution in [-0.4, -0.2) is 11.2 Å². The molecule has 2 nitrogen and oxygen atoms in total. The van der Waals surface area contributed by atoms with Gasteiger partial charge in [0.1, 0.15) is 0 Å². The highest BCUT2D eigenvalue weighted by Gasteiger charge is 2.23. The van der Waals surface area contributed by atoms with Crippen LogP contribution in [0.15, 0.2) is 12.1 Å². The monoisotopic (exact) mass is 317 g/mol. The van der Waals surface area contributed by atoms with Crippen LogP contribution in [0.5, 0.6) is 0 Å². The van der Waals surface area contributed by atoms with E-state index < -0.39 is 12.1 Å². The summed E-state index contributed by atoms with van der Waals surface area (Å²) in [7, 11) is 0. The zero-order valence-electron chi connectivity index (χ0n) is 9.45. The van der Waals surface area contributed by atoms with E-state index in [0.717, 1.165) is 0 Å². The molecule has 98 valence electrons. The van der Waals surface area contributed by atoms with Crippen molar-refractivity contribution in [3.05, 3.63) is 32.8 Å². The summed E-state index contributed by atoms with van der Waals surface area (Å²) in [5.41, 5.74) is 6.50. The van der Waals surface area contributed by atoms with E-state index in [1.165, 1.54) is 0 Å². The number of hydrogen-bond donors (Lipinski definition) is 2. The maximum absolute atomic E-state index is 9.88. The molecule has 1 aromatic carbocycles. The zero-order chi connectivity index (χ0) is 12.5. The van der Waals surface area contributed by atoms with Gasteiger partial charge in [0.15, 0.2) is 0 Å². The number of rotatable bonds is 3. The van der Waals surface area contributed by atoms with Crippen molar-refractivity contribution in [1.82, 2.24) is 0 Å². The Labute approximate surface area is 122 Å². The third-order valence-electron chi connectivity index (χ3n) is 2.43. The molecule has 2 atom stereocenters. The van der Waals surface area contributed by atoms with Crippen LogP contribution in [0.1, 0.15) is 25.5 Å². The van der Waals surface area contributed by atoms with Gasteiger partial charge < -0.3 is 10.8 Å². The Hall–Kier alpha value is 0.300. The van der Waals surface area contributed by atoms with E-state index in [9.17, 15) is 5.11 Å². The molecule has 1 rings (SSSR count). The van der Waals surface area contributed by atoms with Crippen molar-refractivity contribution in [2.75, 3.05) is 0 Å². The summed E-state index contributed by atoms with van der Waals surface area (Å²) in [6, 6.07) is 2.58. The van der Waals surface area contributed by atoms with Gasteiger partial charge in [0.05, 0.1) is 22.2 Å². The van der Waals surface area contributed by atoms with Gasteiger partial charge in [0.2, 0.25) is 0 Å². The Morgan fingerprint density at radius 2 is 1.71 bits per heavy atom. The molecule has 0 unspecified atom stereocenters. The number of nitrogens with two attached hydrogens (primary N) is 1. The standard InChI is InChI=1S/C11H14Cl3NO.ClH/c1-5(2)11(16)10(15)7-3-6(12)4-8(13)9(7)14;/h3-5,10-11,16H,15H2,1-2H3;1H/t10-,11+;/m0./s1. The zero-order valence-corrected chi connectivity index (χ0v) is 12.5. The molecule has 0 aromatic heterocycles. The number of halogens is 4. The van der Waals surface area contributed by atoms with E-state index in [2.05, 4.69) is 0 Å². The van der Waals surface area contributed by atoms with Gasteiger partial charge in [-0.05, 0) is 23.6 Å². The van der Waals surface area contributed by atoms with Gasteiger partial charge in [-0.2, -0.15) is 0 Å². The highest BCUT2D eigenvalue weighted by Crippen LogP contribution is 2.34. The molecular weight excluding hydrogens is 304 g/mol. The molecule has 0 aliphatic rings. The Kier molecular flexibility index (Phi) is 7.15. The first-order chi connectivity index (χ1) is 7.34. The lowest BCUT2D eigenvalue weighted by Gasteiger charge is -2.23. The summed E-state index contributed by atoms with van der Waals surface area (Å²) < 4.78 is 0. The van der Waals surface area contributed by atoms with Gasteiger partial charge in [0, 0.05) is 5.02 Å². The fourth-order valence-electron chi connectivity index (χ4n) is 1.42. The maximum atomic E-state index is 9.88. The fraction of sp³-hybridized carbons (Fsp3) is 0.455. The highest BCUT2D eigenvalue weighted by molar-refractivity contribution is 6.43. The quantitative estimate of drug-likeness (QED) is 0.825. The highest BCUT2D eigenvalue weighted by atomic mass is 35.5. The second-order valence-corrected chi connectivity index (χ2v) is 5.27. The first-order valence-electron chi connectivity index (χ1n) is 4.92. The normalized spacial score (nSPS) is 14.4. The van der Waals surface area contributed by atoms with Crippen LogP contribution >= 0.6 is 47.2 Å². The van der Waals surface area contributed by atoms with Crippen molar-refractivity contribution in [3.8, 4) is 0 Å². The summed E-state index contributed by atoms with van der Waals surface area (Å²) in [5, 5.41) is 11.0. The lowest BCUT2D eigenvalue weighted by Crippen LogP contribution is -2.30. The van der Waals surface area contributed by atoms with Gasteiger partial charge in [-0.3, -0.25) is 0 Å². The summed E-state index contributed by atoms with van der Waals surface area (Å²) in [6.07, 6.45) is -0.688. The molecule has 0 spiro atoms. The summed E-state index contributed by atoms with van der Waals surface area (Å²) >= 11 is 17.8. The van der Waals surface area contributed by atoms with E-state index in [1.54, 1.807) is 12.1 Å². The minimum atomic E-state index is -0.688. The minimum Gasteiger partial charge on any atom is -0.391 e. The van der Waals surface area contributed by atoms with E-state index in [0.29, 0.717) is 20.6 Å². The summed E-state index contributed by atoms with van der Waals surface area (Å²) in [5.74, 6) is 0.0313. The van der Waals surface area contributed by atoms with Gasteiger partial charge in [-0.25, -0.2) is 0 Å². The van der Waals surface area contributed by atoms with Crippen molar-refractivity contribution in [2.24, 2.45) is 11.7 Å². The molecule has 0 aliphatic heterocycles. The Morgan fingerprint density at radius 1 is 1.18 bits per heavy atom. The molecular formula is C11H15Cl4NO. The molecule has 0 bridgehead atoms. The van der Waals surface area contributed by atoms with E-state index in [-0.39, 0.29) is 18.3 Å². The molecule has 1 aromatic rings. The average molecular weight is 319 g/mol. The van der Waals surface area contributed by atoms with E-state index in [1.807, 2.05) is 13.8 Å².